The lowest BCUT2D eigenvalue weighted by Gasteiger charge is -2.30. The molecular formula is C17H20F2N4O. The van der Waals surface area contributed by atoms with E-state index in [-0.39, 0.29) is 38.0 Å². The Morgan fingerprint density at radius 3 is 2.67 bits per heavy atom. The summed E-state index contributed by atoms with van der Waals surface area (Å²) in [5, 5.41) is 7.24. The van der Waals surface area contributed by atoms with Crippen molar-refractivity contribution in [1.29, 1.82) is 0 Å². The molecule has 128 valence electrons. The molecule has 5 nitrogen and oxygen atoms in total. The molecule has 1 aromatic heterocycles. The van der Waals surface area contributed by atoms with Crippen LogP contribution in [-0.2, 0) is 4.74 Å². The molecular weight excluding hydrogens is 314 g/mol. The van der Waals surface area contributed by atoms with Gasteiger partial charge in [-0.25, -0.2) is 8.78 Å². The van der Waals surface area contributed by atoms with Crippen LogP contribution in [0.1, 0.15) is 42.7 Å². The van der Waals surface area contributed by atoms with Gasteiger partial charge in [0, 0.05) is 32.5 Å². The Labute approximate surface area is 139 Å². The normalized spacial score (nSPS) is 26.7. The van der Waals surface area contributed by atoms with Crippen LogP contribution in [0, 0.1) is 0 Å². The van der Waals surface area contributed by atoms with Crippen molar-refractivity contribution in [3.05, 3.63) is 41.7 Å². The van der Waals surface area contributed by atoms with Crippen LogP contribution in [0.25, 0.3) is 0 Å². The third kappa shape index (κ3) is 3.00. The van der Waals surface area contributed by atoms with Gasteiger partial charge in [-0.3, -0.25) is 5.10 Å². The topological polar surface area (TPSA) is 54.0 Å². The molecule has 24 heavy (non-hydrogen) atoms. The van der Waals surface area contributed by atoms with Gasteiger partial charge in [0.25, 0.3) is 5.92 Å². The van der Waals surface area contributed by atoms with Crippen LogP contribution in [-0.4, -0.2) is 40.8 Å². The fraction of sp³-hybridized carbons (Fsp3) is 0.529. The number of hydrogen-bond acceptors (Lipinski definition) is 4. The van der Waals surface area contributed by atoms with Crippen LogP contribution in [0.5, 0.6) is 0 Å². The first-order chi connectivity index (χ1) is 11.6. The molecule has 2 saturated heterocycles. The predicted molar refractivity (Wildman–Crippen MR) is 85.3 cm³/mol. The summed E-state index contributed by atoms with van der Waals surface area (Å²) in [4.78, 5) is 6.40. The molecule has 2 fully saturated rings. The molecule has 0 aliphatic carbocycles. The molecule has 2 aliphatic heterocycles. The molecule has 2 aliphatic rings. The smallest absolute Gasteiger partial charge is 0.251 e. The van der Waals surface area contributed by atoms with E-state index in [1.54, 1.807) is 0 Å². The molecule has 0 bridgehead atoms. The minimum atomic E-state index is -2.56. The SMILES string of the molecule is FC1(F)CCN(c2n[nH]c([C@@H]3CCO[C@H]3c3ccccc3)n2)CC1. The van der Waals surface area contributed by atoms with E-state index >= 15 is 0 Å². The molecule has 4 rings (SSSR count). The number of alkyl halides is 2. The minimum absolute atomic E-state index is 0.0438. The highest BCUT2D eigenvalue weighted by Gasteiger charge is 2.37. The van der Waals surface area contributed by atoms with Gasteiger partial charge >= 0.3 is 0 Å². The number of nitrogens with one attached hydrogen (secondary N) is 1. The number of ether oxygens (including phenoxy) is 1. The third-order valence-corrected chi connectivity index (χ3v) is 4.84. The van der Waals surface area contributed by atoms with E-state index in [1.807, 2.05) is 35.2 Å². The number of aromatic amines is 1. The van der Waals surface area contributed by atoms with Crippen molar-refractivity contribution in [2.75, 3.05) is 24.6 Å². The molecule has 1 N–H and O–H groups in total. The fourth-order valence-electron chi connectivity index (χ4n) is 3.45. The van der Waals surface area contributed by atoms with Crippen LogP contribution >= 0.6 is 0 Å². The second-order valence-corrected chi connectivity index (χ2v) is 6.46. The summed E-state index contributed by atoms with van der Waals surface area (Å²) in [6.45, 7) is 1.25. The van der Waals surface area contributed by atoms with Gasteiger partial charge in [0.2, 0.25) is 5.95 Å². The molecule has 3 heterocycles. The van der Waals surface area contributed by atoms with E-state index < -0.39 is 5.92 Å². The van der Waals surface area contributed by atoms with Gasteiger partial charge in [0.05, 0.1) is 12.0 Å². The maximum Gasteiger partial charge on any atom is 0.251 e. The Bertz CT molecular complexity index is 681. The fourth-order valence-corrected chi connectivity index (χ4v) is 3.45. The first-order valence-electron chi connectivity index (χ1n) is 8.34. The molecule has 1 aromatic carbocycles. The summed E-state index contributed by atoms with van der Waals surface area (Å²) in [6.07, 6.45) is 0.538. The Morgan fingerprint density at radius 2 is 1.92 bits per heavy atom. The second kappa shape index (κ2) is 6.12. The van der Waals surface area contributed by atoms with Crippen molar-refractivity contribution in [1.82, 2.24) is 15.2 Å². The summed E-state index contributed by atoms with van der Waals surface area (Å²) in [5.41, 5.74) is 1.12. The average molecular weight is 334 g/mol. The van der Waals surface area contributed by atoms with E-state index in [0.717, 1.165) is 17.8 Å². The molecule has 0 spiro atoms. The van der Waals surface area contributed by atoms with Crippen LogP contribution in [0.3, 0.4) is 0 Å². The summed E-state index contributed by atoms with van der Waals surface area (Å²) >= 11 is 0. The first kappa shape index (κ1) is 15.5. The Hall–Kier alpha value is -2.02. The molecule has 0 radical (unpaired) electrons. The third-order valence-electron chi connectivity index (χ3n) is 4.84. The molecule has 0 saturated carbocycles. The number of rotatable bonds is 3. The van der Waals surface area contributed by atoms with Gasteiger partial charge in [-0.15, -0.1) is 5.10 Å². The predicted octanol–water partition coefficient (Wildman–Crippen LogP) is 3.29. The van der Waals surface area contributed by atoms with Crippen molar-refractivity contribution in [3.8, 4) is 0 Å². The number of piperidine rings is 1. The zero-order valence-corrected chi connectivity index (χ0v) is 13.3. The monoisotopic (exact) mass is 334 g/mol. The first-order valence-corrected chi connectivity index (χ1v) is 8.34. The van der Waals surface area contributed by atoms with Crippen LogP contribution in [0.2, 0.25) is 0 Å². The lowest BCUT2D eigenvalue weighted by molar-refractivity contribution is -0.0222. The lowest BCUT2D eigenvalue weighted by atomic mass is 9.95. The highest BCUT2D eigenvalue weighted by molar-refractivity contribution is 5.31. The number of halogens is 2. The highest BCUT2D eigenvalue weighted by Crippen LogP contribution is 2.40. The summed E-state index contributed by atoms with van der Waals surface area (Å²) in [6, 6.07) is 10.1. The quantitative estimate of drug-likeness (QED) is 0.936. The summed E-state index contributed by atoms with van der Waals surface area (Å²) < 4.78 is 32.5. The van der Waals surface area contributed by atoms with Gasteiger partial charge in [-0.05, 0) is 12.0 Å². The van der Waals surface area contributed by atoms with Crippen molar-refractivity contribution in [2.24, 2.45) is 0 Å². The lowest BCUT2D eigenvalue weighted by Crippen LogP contribution is -2.39. The van der Waals surface area contributed by atoms with Gasteiger partial charge in [0.1, 0.15) is 5.82 Å². The number of aromatic nitrogens is 3. The van der Waals surface area contributed by atoms with E-state index in [9.17, 15) is 8.78 Å². The Morgan fingerprint density at radius 1 is 1.17 bits per heavy atom. The van der Waals surface area contributed by atoms with E-state index in [2.05, 4.69) is 15.2 Å². The van der Waals surface area contributed by atoms with Gasteiger partial charge in [0.15, 0.2) is 0 Å². The molecule has 7 heteroatoms. The average Bonchev–Trinajstić information content (AvgIpc) is 3.24. The van der Waals surface area contributed by atoms with Gasteiger partial charge in [-0.2, -0.15) is 4.98 Å². The van der Waals surface area contributed by atoms with Crippen LogP contribution < -0.4 is 4.90 Å². The van der Waals surface area contributed by atoms with Crippen molar-refractivity contribution < 1.29 is 13.5 Å². The van der Waals surface area contributed by atoms with Crippen LogP contribution in [0.4, 0.5) is 14.7 Å². The van der Waals surface area contributed by atoms with Crippen molar-refractivity contribution in [2.45, 2.75) is 37.2 Å². The Balaban J connectivity index is 1.50. The number of benzene rings is 1. The standard InChI is InChI=1S/C17H20F2N4O/c18-17(19)7-9-23(10-8-17)16-20-15(21-22-16)13-6-11-24-14(13)12-4-2-1-3-5-12/h1-5,13-14H,6-11H2,(H,20,21,22)/t13-,14+/m1/s1. The van der Waals surface area contributed by atoms with Gasteiger partial charge < -0.3 is 9.64 Å². The van der Waals surface area contributed by atoms with E-state index in [4.69, 9.17) is 4.74 Å². The zero-order chi connectivity index (χ0) is 16.6. The molecule has 2 atom stereocenters. The number of nitrogens with zero attached hydrogens (tertiary/aromatic N) is 3. The number of hydrogen-bond donors (Lipinski definition) is 1. The maximum atomic E-state index is 13.3. The number of H-pyrrole nitrogens is 1. The van der Waals surface area contributed by atoms with E-state index in [0.29, 0.717) is 12.6 Å². The van der Waals surface area contributed by atoms with Crippen molar-refractivity contribution in [3.63, 3.8) is 0 Å². The Kier molecular flexibility index (Phi) is 3.96. The number of anilines is 1. The van der Waals surface area contributed by atoms with Crippen LogP contribution in [0.15, 0.2) is 30.3 Å². The molecule has 0 unspecified atom stereocenters. The largest absolute Gasteiger partial charge is 0.373 e. The van der Waals surface area contributed by atoms with Gasteiger partial charge in [-0.1, -0.05) is 30.3 Å². The molecule has 0 amide bonds. The zero-order valence-electron chi connectivity index (χ0n) is 13.3. The molecule has 2 aromatic rings. The van der Waals surface area contributed by atoms with Crippen molar-refractivity contribution >= 4 is 5.95 Å². The van der Waals surface area contributed by atoms with E-state index in [1.165, 1.54) is 0 Å². The summed E-state index contributed by atoms with van der Waals surface area (Å²) in [5.74, 6) is -1.17. The summed E-state index contributed by atoms with van der Waals surface area (Å²) in [7, 11) is 0. The minimum Gasteiger partial charge on any atom is -0.373 e. The highest BCUT2D eigenvalue weighted by atomic mass is 19.3. The second-order valence-electron chi connectivity index (χ2n) is 6.46. The maximum absolute atomic E-state index is 13.3.